The SMILES string of the molecule is CC(C)(C)c1cnc(CNS(=O)(=O)c2ccc(C#N)cc2)o1. The number of rotatable bonds is 4. The summed E-state index contributed by atoms with van der Waals surface area (Å²) < 4.78 is 32.3. The van der Waals surface area contributed by atoms with Gasteiger partial charge in [-0.2, -0.15) is 5.26 Å². The molecule has 0 amide bonds. The van der Waals surface area contributed by atoms with Crippen molar-refractivity contribution in [3.05, 3.63) is 47.7 Å². The molecule has 0 spiro atoms. The number of benzene rings is 1. The molecule has 0 fully saturated rings. The molecule has 116 valence electrons. The Morgan fingerprint density at radius 3 is 2.41 bits per heavy atom. The van der Waals surface area contributed by atoms with Crippen molar-refractivity contribution in [3.8, 4) is 6.07 Å². The van der Waals surface area contributed by atoms with Crippen LogP contribution in [0.5, 0.6) is 0 Å². The minimum absolute atomic E-state index is 0.0294. The molecule has 0 aliphatic rings. The number of aromatic nitrogens is 1. The number of nitrogens with one attached hydrogen (secondary N) is 1. The first-order valence-corrected chi connectivity index (χ1v) is 8.16. The third kappa shape index (κ3) is 3.72. The lowest BCUT2D eigenvalue weighted by atomic mass is 9.94. The Hall–Kier alpha value is -2.17. The molecule has 0 bridgehead atoms. The molecule has 7 heteroatoms. The Kier molecular flexibility index (Phi) is 4.35. The van der Waals surface area contributed by atoms with E-state index in [4.69, 9.17) is 9.68 Å². The van der Waals surface area contributed by atoms with Crippen molar-refractivity contribution < 1.29 is 12.8 Å². The number of hydrogen-bond donors (Lipinski definition) is 1. The Bertz CT molecular complexity index is 794. The minimum Gasteiger partial charge on any atom is -0.444 e. The van der Waals surface area contributed by atoms with Gasteiger partial charge in [-0.15, -0.1) is 0 Å². The van der Waals surface area contributed by atoms with Gasteiger partial charge in [0.1, 0.15) is 5.76 Å². The molecular formula is C15H17N3O3S. The fourth-order valence-electron chi connectivity index (χ4n) is 1.69. The number of sulfonamides is 1. The van der Waals surface area contributed by atoms with Gasteiger partial charge in [-0.05, 0) is 24.3 Å². The molecule has 22 heavy (non-hydrogen) atoms. The summed E-state index contributed by atoms with van der Waals surface area (Å²) in [5, 5.41) is 8.72. The Morgan fingerprint density at radius 1 is 1.27 bits per heavy atom. The highest BCUT2D eigenvalue weighted by Crippen LogP contribution is 2.22. The molecule has 2 aromatic rings. The van der Waals surface area contributed by atoms with Crippen LogP contribution in [-0.2, 0) is 22.0 Å². The monoisotopic (exact) mass is 319 g/mol. The highest BCUT2D eigenvalue weighted by molar-refractivity contribution is 7.89. The molecule has 1 aromatic heterocycles. The Labute approximate surface area is 129 Å². The molecular weight excluding hydrogens is 302 g/mol. The average Bonchev–Trinajstić information content (AvgIpc) is 2.94. The summed E-state index contributed by atoms with van der Waals surface area (Å²) >= 11 is 0. The van der Waals surface area contributed by atoms with Gasteiger partial charge < -0.3 is 4.42 Å². The molecule has 0 unspecified atom stereocenters. The third-order valence-electron chi connectivity index (χ3n) is 3.00. The van der Waals surface area contributed by atoms with E-state index < -0.39 is 10.0 Å². The lowest BCUT2D eigenvalue weighted by Crippen LogP contribution is -2.23. The predicted molar refractivity (Wildman–Crippen MR) is 80.4 cm³/mol. The first-order valence-electron chi connectivity index (χ1n) is 6.67. The van der Waals surface area contributed by atoms with Crippen LogP contribution in [0.3, 0.4) is 0 Å². The summed E-state index contributed by atoms with van der Waals surface area (Å²) in [5.74, 6) is 1.00. The second kappa shape index (κ2) is 5.91. The summed E-state index contributed by atoms with van der Waals surface area (Å²) in [6.07, 6.45) is 1.60. The summed E-state index contributed by atoms with van der Waals surface area (Å²) in [4.78, 5) is 4.16. The van der Waals surface area contributed by atoms with Crippen LogP contribution in [0, 0.1) is 11.3 Å². The average molecular weight is 319 g/mol. The van der Waals surface area contributed by atoms with Gasteiger partial charge in [-0.1, -0.05) is 20.8 Å². The first kappa shape index (κ1) is 16.2. The van der Waals surface area contributed by atoms with Crippen molar-refractivity contribution in [3.63, 3.8) is 0 Å². The molecule has 1 heterocycles. The molecule has 1 aromatic carbocycles. The third-order valence-corrected chi connectivity index (χ3v) is 4.42. The van der Waals surface area contributed by atoms with Crippen molar-refractivity contribution in [2.75, 3.05) is 0 Å². The van der Waals surface area contributed by atoms with E-state index in [1.165, 1.54) is 24.3 Å². The van der Waals surface area contributed by atoms with Gasteiger partial charge in [0.25, 0.3) is 0 Å². The molecule has 2 rings (SSSR count). The normalized spacial score (nSPS) is 12.1. The van der Waals surface area contributed by atoms with Gasteiger partial charge in [0.2, 0.25) is 15.9 Å². The van der Waals surface area contributed by atoms with E-state index in [9.17, 15) is 8.42 Å². The standard InChI is InChI=1S/C15H17N3O3S/c1-15(2,3)13-9-17-14(21-13)10-18-22(19,20)12-6-4-11(8-16)5-7-12/h4-7,9,18H,10H2,1-3H3. The van der Waals surface area contributed by atoms with Crippen LogP contribution in [0.4, 0.5) is 0 Å². The van der Waals surface area contributed by atoms with E-state index >= 15 is 0 Å². The van der Waals surface area contributed by atoms with E-state index in [2.05, 4.69) is 9.71 Å². The fourth-order valence-corrected chi connectivity index (χ4v) is 2.66. The zero-order valence-corrected chi connectivity index (χ0v) is 13.4. The summed E-state index contributed by atoms with van der Waals surface area (Å²) in [5.41, 5.74) is 0.221. The summed E-state index contributed by atoms with van der Waals surface area (Å²) in [6.45, 7) is 5.92. The summed E-state index contributed by atoms with van der Waals surface area (Å²) in [7, 11) is -3.67. The van der Waals surface area contributed by atoms with E-state index in [-0.39, 0.29) is 16.9 Å². The maximum atomic E-state index is 12.1. The van der Waals surface area contributed by atoms with E-state index in [1.54, 1.807) is 6.20 Å². The molecule has 0 saturated heterocycles. The van der Waals surface area contributed by atoms with Crippen molar-refractivity contribution in [2.45, 2.75) is 37.6 Å². The number of nitriles is 1. The molecule has 0 radical (unpaired) electrons. The smallest absolute Gasteiger partial charge is 0.241 e. The molecule has 6 nitrogen and oxygen atoms in total. The van der Waals surface area contributed by atoms with Crippen LogP contribution in [0.15, 0.2) is 39.8 Å². The second-order valence-corrected chi connectivity index (χ2v) is 7.60. The van der Waals surface area contributed by atoms with Crippen LogP contribution in [-0.4, -0.2) is 13.4 Å². The number of oxazole rings is 1. The van der Waals surface area contributed by atoms with E-state index in [0.29, 0.717) is 17.2 Å². The minimum atomic E-state index is -3.67. The van der Waals surface area contributed by atoms with Gasteiger partial charge in [0.05, 0.1) is 29.3 Å². The predicted octanol–water partition coefficient (Wildman–Crippen LogP) is 2.32. The lowest BCUT2D eigenvalue weighted by molar-refractivity contribution is 0.380. The van der Waals surface area contributed by atoms with Crippen LogP contribution < -0.4 is 4.72 Å². The maximum absolute atomic E-state index is 12.1. The van der Waals surface area contributed by atoms with Crippen LogP contribution in [0.25, 0.3) is 0 Å². The molecule has 0 aliphatic heterocycles. The second-order valence-electron chi connectivity index (χ2n) is 5.83. The molecule has 0 atom stereocenters. The van der Waals surface area contributed by atoms with Gasteiger partial charge in [0, 0.05) is 5.41 Å². The summed E-state index contributed by atoms with van der Waals surface area (Å²) in [6, 6.07) is 7.62. The van der Waals surface area contributed by atoms with Gasteiger partial charge in [-0.3, -0.25) is 0 Å². The van der Waals surface area contributed by atoms with Crippen LogP contribution >= 0.6 is 0 Å². The topological polar surface area (TPSA) is 96.0 Å². The van der Waals surface area contributed by atoms with Crippen molar-refractivity contribution >= 4 is 10.0 Å². The van der Waals surface area contributed by atoms with Crippen LogP contribution in [0.2, 0.25) is 0 Å². The zero-order chi connectivity index (χ0) is 16.4. The van der Waals surface area contributed by atoms with Crippen molar-refractivity contribution in [2.24, 2.45) is 0 Å². The Morgan fingerprint density at radius 2 is 1.91 bits per heavy atom. The van der Waals surface area contributed by atoms with Crippen molar-refractivity contribution in [1.29, 1.82) is 5.26 Å². The highest BCUT2D eigenvalue weighted by atomic mass is 32.2. The molecule has 0 saturated carbocycles. The lowest BCUT2D eigenvalue weighted by Gasteiger charge is -2.13. The van der Waals surface area contributed by atoms with Crippen molar-refractivity contribution in [1.82, 2.24) is 9.71 Å². The first-order chi connectivity index (χ1) is 10.2. The quantitative estimate of drug-likeness (QED) is 0.933. The van der Waals surface area contributed by atoms with Gasteiger partial charge in [0.15, 0.2) is 0 Å². The van der Waals surface area contributed by atoms with Gasteiger partial charge >= 0.3 is 0 Å². The van der Waals surface area contributed by atoms with E-state index in [0.717, 1.165) is 0 Å². The molecule has 1 N–H and O–H groups in total. The number of nitrogens with zero attached hydrogens (tertiary/aromatic N) is 2. The fraction of sp³-hybridized carbons (Fsp3) is 0.333. The molecule has 0 aliphatic carbocycles. The zero-order valence-electron chi connectivity index (χ0n) is 12.6. The Balaban J connectivity index is 2.09. The maximum Gasteiger partial charge on any atom is 0.241 e. The largest absolute Gasteiger partial charge is 0.444 e. The van der Waals surface area contributed by atoms with Crippen LogP contribution in [0.1, 0.15) is 38.0 Å². The van der Waals surface area contributed by atoms with E-state index in [1.807, 2.05) is 26.8 Å². The number of hydrogen-bond acceptors (Lipinski definition) is 5. The van der Waals surface area contributed by atoms with Gasteiger partial charge in [-0.25, -0.2) is 18.1 Å². The highest BCUT2D eigenvalue weighted by Gasteiger charge is 2.20.